The van der Waals surface area contributed by atoms with Gasteiger partial charge in [-0.3, -0.25) is 11.3 Å². The highest BCUT2D eigenvalue weighted by atomic mass is 35.5. The first-order valence-corrected chi connectivity index (χ1v) is 6.24. The molecule has 6 heteroatoms. The maximum atomic E-state index is 13.6. The molecule has 2 nitrogen and oxygen atoms in total. The van der Waals surface area contributed by atoms with Crippen LogP contribution in [0.3, 0.4) is 0 Å². The molecule has 0 aliphatic rings. The molecule has 0 aliphatic heterocycles. The van der Waals surface area contributed by atoms with Crippen LogP contribution in [-0.4, -0.2) is 0 Å². The van der Waals surface area contributed by atoms with Crippen LogP contribution in [0.4, 0.5) is 13.2 Å². The summed E-state index contributed by atoms with van der Waals surface area (Å²) in [5, 5.41) is -0.0395. The van der Waals surface area contributed by atoms with Crippen LogP contribution >= 0.6 is 11.6 Å². The number of hydrogen-bond acceptors (Lipinski definition) is 2. The minimum absolute atomic E-state index is 0.0395. The standard InChI is InChI=1S/C14H12ClF3N2/c15-11-5-9(2-4-12(11)17)14(20-19)6-8-1-3-10(16)7-13(8)18/h1-5,7,14,20H,6,19H2. The molecule has 0 fully saturated rings. The Balaban J connectivity index is 2.26. The largest absolute Gasteiger partial charge is 0.271 e. The second-order valence-electron chi connectivity index (χ2n) is 4.33. The zero-order valence-corrected chi connectivity index (χ0v) is 11.1. The van der Waals surface area contributed by atoms with Crippen molar-refractivity contribution in [1.82, 2.24) is 5.43 Å². The molecule has 0 spiro atoms. The number of hydrazine groups is 1. The van der Waals surface area contributed by atoms with E-state index in [1.165, 1.54) is 30.3 Å². The molecule has 0 saturated heterocycles. The minimum Gasteiger partial charge on any atom is -0.271 e. The Morgan fingerprint density at radius 3 is 2.40 bits per heavy atom. The molecule has 2 rings (SSSR count). The second kappa shape index (κ2) is 6.26. The Morgan fingerprint density at radius 1 is 1.05 bits per heavy atom. The molecule has 0 bridgehead atoms. The van der Waals surface area contributed by atoms with Crippen LogP contribution in [0.25, 0.3) is 0 Å². The molecule has 0 aliphatic carbocycles. The van der Waals surface area contributed by atoms with Crippen LogP contribution in [0.1, 0.15) is 17.2 Å². The number of nitrogens with two attached hydrogens (primary N) is 1. The van der Waals surface area contributed by atoms with Crippen molar-refractivity contribution in [3.05, 3.63) is 70.0 Å². The second-order valence-corrected chi connectivity index (χ2v) is 4.74. The molecule has 0 amide bonds. The third-order valence-corrected chi connectivity index (χ3v) is 3.28. The number of rotatable bonds is 4. The normalized spacial score (nSPS) is 12.4. The molecule has 2 aromatic carbocycles. The molecule has 0 radical (unpaired) electrons. The van der Waals surface area contributed by atoms with Crippen molar-refractivity contribution < 1.29 is 13.2 Å². The first-order valence-electron chi connectivity index (χ1n) is 5.86. The minimum atomic E-state index is -0.654. The topological polar surface area (TPSA) is 38.0 Å². The summed E-state index contributed by atoms with van der Waals surface area (Å²) in [6.45, 7) is 0. The highest BCUT2D eigenvalue weighted by molar-refractivity contribution is 6.30. The first kappa shape index (κ1) is 14.8. The predicted molar refractivity (Wildman–Crippen MR) is 71.5 cm³/mol. The van der Waals surface area contributed by atoms with E-state index in [-0.39, 0.29) is 11.4 Å². The molecule has 106 valence electrons. The predicted octanol–water partition coefficient (Wildman–Crippen LogP) is 3.50. The fourth-order valence-corrected chi connectivity index (χ4v) is 2.10. The van der Waals surface area contributed by atoms with E-state index in [1.54, 1.807) is 0 Å². The van der Waals surface area contributed by atoms with Crippen LogP contribution in [-0.2, 0) is 6.42 Å². The molecular formula is C14H12ClF3N2. The van der Waals surface area contributed by atoms with Gasteiger partial charge >= 0.3 is 0 Å². The van der Waals surface area contributed by atoms with Gasteiger partial charge in [-0.2, -0.15) is 0 Å². The Morgan fingerprint density at radius 2 is 1.80 bits per heavy atom. The van der Waals surface area contributed by atoms with Crippen molar-refractivity contribution in [2.75, 3.05) is 0 Å². The van der Waals surface area contributed by atoms with Crippen molar-refractivity contribution in [2.45, 2.75) is 12.5 Å². The van der Waals surface area contributed by atoms with Crippen molar-refractivity contribution in [3.8, 4) is 0 Å². The zero-order valence-electron chi connectivity index (χ0n) is 10.3. The smallest absolute Gasteiger partial charge is 0.141 e. The van der Waals surface area contributed by atoms with Gasteiger partial charge in [0, 0.05) is 6.07 Å². The van der Waals surface area contributed by atoms with E-state index in [1.807, 2.05) is 0 Å². The Kier molecular flexibility index (Phi) is 4.65. The summed E-state index contributed by atoms with van der Waals surface area (Å²) in [7, 11) is 0. The summed E-state index contributed by atoms with van der Waals surface area (Å²) in [6, 6.07) is 7.00. The Hall–Kier alpha value is -1.56. The fourth-order valence-electron chi connectivity index (χ4n) is 1.91. The Labute approximate surface area is 119 Å². The van der Waals surface area contributed by atoms with Gasteiger partial charge in [-0.05, 0) is 35.7 Å². The number of benzene rings is 2. The highest BCUT2D eigenvalue weighted by Gasteiger charge is 2.15. The number of halogens is 4. The van der Waals surface area contributed by atoms with E-state index in [0.29, 0.717) is 11.1 Å². The van der Waals surface area contributed by atoms with E-state index < -0.39 is 23.5 Å². The van der Waals surface area contributed by atoms with E-state index in [0.717, 1.165) is 6.07 Å². The van der Waals surface area contributed by atoms with Crippen LogP contribution in [0, 0.1) is 17.5 Å². The van der Waals surface area contributed by atoms with Gasteiger partial charge < -0.3 is 0 Å². The number of hydrogen-bond donors (Lipinski definition) is 2. The average molecular weight is 301 g/mol. The van der Waals surface area contributed by atoms with Gasteiger partial charge in [0.2, 0.25) is 0 Å². The Bertz CT molecular complexity index is 619. The quantitative estimate of drug-likeness (QED) is 0.670. The SMILES string of the molecule is NNC(Cc1ccc(F)cc1F)c1ccc(F)c(Cl)c1. The average Bonchev–Trinajstić information content (AvgIpc) is 2.41. The molecule has 20 heavy (non-hydrogen) atoms. The molecular weight excluding hydrogens is 289 g/mol. The van der Waals surface area contributed by atoms with E-state index in [2.05, 4.69) is 5.43 Å². The van der Waals surface area contributed by atoms with Gasteiger partial charge in [0.1, 0.15) is 17.5 Å². The first-order chi connectivity index (χ1) is 9.51. The maximum absolute atomic E-state index is 13.6. The zero-order chi connectivity index (χ0) is 14.7. The number of nitrogens with one attached hydrogen (secondary N) is 1. The summed E-state index contributed by atoms with van der Waals surface area (Å²) < 4.78 is 39.6. The molecule has 1 unspecified atom stereocenters. The fraction of sp³-hybridized carbons (Fsp3) is 0.143. The van der Waals surface area contributed by atoms with Gasteiger partial charge in [0.05, 0.1) is 11.1 Å². The maximum Gasteiger partial charge on any atom is 0.141 e. The lowest BCUT2D eigenvalue weighted by atomic mass is 9.99. The molecule has 1 atom stereocenters. The van der Waals surface area contributed by atoms with E-state index in [4.69, 9.17) is 17.4 Å². The summed E-state index contributed by atoms with van der Waals surface area (Å²) in [5.41, 5.74) is 3.43. The van der Waals surface area contributed by atoms with Crippen molar-refractivity contribution in [2.24, 2.45) is 5.84 Å². The lowest BCUT2D eigenvalue weighted by Crippen LogP contribution is -2.29. The van der Waals surface area contributed by atoms with Gasteiger partial charge in [-0.25, -0.2) is 13.2 Å². The van der Waals surface area contributed by atoms with E-state index in [9.17, 15) is 13.2 Å². The van der Waals surface area contributed by atoms with Gasteiger partial charge in [0.15, 0.2) is 0 Å². The van der Waals surface area contributed by atoms with Crippen LogP contribution < -0.4 is 11.3 Å². The lowest BCUT2D eigenvalue weighted by molar-refractivity contribution is 0.520. The third-order valence-electron chi connectivity index (χ3n) is 2.99. The lowest BCUT2D eigenvalue weighted by Gasteiger charge is -2.17. The highest BCUT2D eigenvalue weighted by Crippen LogP contribution is 2.24. The molecule has 2 aromatic rings. The van der Waals surface area contributed by atoms with Crippen molar-refractivity contribution >= 4 is 11.6 Å². The third kappa shape index (κ3) is 3.30. The van der Waals surface area contributed by atoms with E-state index >= 15 is 0 Å². The molecule has 0 aromatic heterocycles. The van der Waals surface area contributed by atoms with Crippen LogP contribution in [0.2, 0.25) is 5.02 Å². The summed E-state index contributed by atoms with van der Waals surface area (Å²) in [4.78, 5) is 0. The summed E-state index contributed by atoms with van der Waals surface area (Å²) in [6.07, 6.45) is 0.185. The molecule has 0 heterocycles. The summed E-state index contributed by atoms with van der Waals surface area (Å²) >= 11 is 5.70. The van der Waals surface area contributed by atoms with Crippen LogP contribution in [0.5, 0.6) is 0 Å². The molecule has 3 N–H and O–H groups in total. The molecule has 0 saturated carbocycles. The van der Waals surface area contributed by atoms with Crippen LogP contribution in [0.15, 0.2) is 36.4 Å². The van der Waals surface area contributed by atoms with Crippen molar-refractivity contribution in [3.63, 3.8) is 0 Å². The van der Waals surface area contributed by atoms with Gasteiger partial charge in [-0.1, -0.05) is 23.7 Å². The van der Waals surface area contributed by atoms with Gasteiger partial charge in [0.25, 0.3) is 0 Å². The summed E-state index contributed by atoms with van der Waals surface area (Å²) in [5.74, 6) is 3.60. The van der Waals surface area contributed by atoms with Crippen molar-refractivity contribution in [1.29, 1.82) is 0 Å². The van der Waals surface area contributed by atoms with Gasteiger partial charge in [-0.15, -0.1) is 0 Å². The monoisotopic (exact) mass is 300 g/mol.